The average molecular weight is 539 g/mol. The molecule has 0 amide bonds. The van der Waals surface area contributed by atoms with E-state index in [-0.39, 0.29) is 21.7 Å². The molecule has 0 aliphatic heterocycles. The molecule has 3 aromatic carbocycles. The molecule has 0 fully saturated rings. The molecule has 11 heteroatoms. The third-order valence-electron chi connectivity index (χ3n) is 5.22. The Kier molecular flexibility index (Phi) is 7.12. The van der Waals surface area contributed by atoms with Gasteiger partial charge in [-0.2, -0.15) is 13.2 Å². The van der Waals surface area contributed by atoms with Crippen LogP contribution >= 0.6 is 11.6 Å². The van der Waals surface area contributed by atoms with E-state index < -0.39 is 40.0 Å². The second-order valence-electron chi connectivity index (χ2n) is 7.91. The maximum atomic E-state index is 12.7. The van der Waals surface area contributed by atoms with E-state index >= 15 is 0 Å². The van der Waals surface area contributed by atoms with Gasteiger partial charge in [-0.1, -0.05) is 11.6 Å². The number of hydrogen-bond donors (Lipinski definition) is 1. The molecule has 0 saturated carbocycles. The fourth-order valence-corrected chi connectivity index (χ4v) is 4.89. The SMILES string of the molecule is O=c1cc(-c2ccc(Cl)cc2)oc2cc(OC[C@@H](O)CS(=O)(=O)c3ccc(C(F)(F)F)cc3)ccc12. The Balaban J connectivity index is 1.46. The van der Waals surface area contributed by atoms with Gasteiger partial charge >= 0.3 is 6.18 Å². The van der Waals surface area contributed by atoms with Crippen molar-refractivity contribution in [2.24, 2.45) is 0 Å². The van der Waals surface area contributed by atoms with Crippen LogP contribution in [0, 0.1) is 0 Å². The van der Waals surface area contributed by atoms with Crippen molar-refractivity contribution in [2.45, 2.75) is 17.2 Å². The Morgan fingerprint density at radius 3 is 2.28 bits per heavy atom. The summed E-state index contributed by atoms with van der Waals surface area (Å²) in [5, 5.41) is 11.0. The first kappa shape index (κ1) is 25.7. The monoisotopic (exact) mass is 538 g/mol. The first-order chi connectivity index (χ1) is 16.9. The van der Waals surface area contributed by atoms with E-state index in [0.717, 1.165) is 12.1 Å². The highest BCUT2D eigenvalue weighted by atomic mass is 35.5. The van der Waals surface area contributed by atoms with E-state index in [1.807, 2.05) is 0 Å². The van der Waals surface area contributed by atoms with E-state index in [0.29, 0.717) is 33.9 Å². The van der Waals surface area contributed by atoms with E-state index in [4.69, 9.17) is 20.8 Å². The molecule has 0 unspecified atom stereocenters. The third kappa shape index (κ3) is 5.89. The maximum absolute atomic E-state index is 12.7. The predicted octanol–water partition coefficient (Wildman–Crippen LogP) is 5.35. The summed E-state index contributed by atoms with van der Waals surface area (Å²) in [5.41, 5.74) is -0.409. The Labute approximate surface area is 208 Å². The van der Waals surface area contributed by atoms with Gasteiger partial charge in [0.15, 0.2) is 15.3 Å². The molecule has 0 saturated heterocycles. The molecule has 188 valence electrons. The predicted molar refractivity (Wildman–Crippen MR) is 128 cm³/mol. The minimum absolute atomic E-state index is 0.213. The van der Waals surface area contributed by atoms with Crippen molar-refractivity contribution in [2.75, 3.05) is 12.4 Å². The van der Waals surface area contributed by atoms with Crippen LogP contribution in [0.4, 0.5) is 13.2 Å². The number of fused-ring (bicyclic) bond motifs is 1. The van der Waals surface area contributed by atoms with Gasteiger partial charge in [0.1, 0.15) is 29.8 Å². The molecule has 4 rings (SSSR count). The number of aliphatic hydroxyl groups excluding tert-OH is 1. The minimum atomic E-state index is -4.59. The molecule has 1 atom stereocenters. The quantitative estimate of drug-likeness (QED) is 0.341. The number of sulfone groups is 1. The van der Waals surface area contributed by atoms with Gasteiger partial charge in [0.2, 0.25) is 0 Å². The van der Waals surface area contributed by atoms with Crippen LogP contribution in [-0.2, 0) is 16.0 Å². The molecule has 0 radical (unpaired) electrons. The van der Waals surface area contributed by atoms with Crippen molar-refractivity contribution in [3.63, 3.8) is 0 Å². The first-order valence-corrected chi connectivity index (χ1v) is 12.5. The van der Waals surface area contributed by atoms with E-state index in [2.05, 4.69) is 0 Å². The number of rotatable bonds is 7. The van der Waals surface area contributed by atoms with Gasteiger partial charge in [0, 0.05) is 22.7 Å². The van der Waals surface area contributed by atoms with Gasteiger partial charge in [-0.25, -0.2) is 8.42 Å². The molecule has 0 bridgehead atoms. The van der Waals surface area contributed by atoms with Gasteiger partial charge in [0.05, 0.1) is 21.6 Å². The Morgan fingerprint density at radius 2 is 1.64 bits per heavy atom. The van der Waals surface area contributed by atoms with Crippen LogP contribution in [0.15, 0.2) is 86.9 Å². The van der Waals surface area contributed by atoms with Crippen molar-refractivity contribution in [1.82, 2.24) is 0 Å². The second kappa shape index (κ2) is 9.96. The molecule has 1 heterocycles. The number of aliphatic hydroxyl groups is 1. The third-order valence-corrected chi connectivity index (χ3v) is 7.29. The highest BCUT2D eigenvalue weighted by Crippen LogP contribution is 2.30. The van der Waals surface area contributed by atoms with Gasteiger partial charge in [-0.05, 0) is 60.7 Å². The zero-order chi connectivity index (χ0) is 26.1. The van der Waals surface area contributed by atoms with Crippen LogP contribution in [-0.4, -0.2) is 32.0 Å². The maximum Gasteiger partial charge on any atom is 0.416 e. The highest BCUT2D eigenvalue weighted by Gasteiger charge is 2.31. The van der Waals surface area contributed by atoms with Gasteiger partial charge in [-0.3, -0.25) is 4.79 Å². The molecular formula is C25H18ClF3O6S. The van der Waals surface area contributed by atoms with Crippen molar-refractivity contribution in [1.29, 1.82) is 0 Å². The van der Waals surface area contributed by atoms with Crippen molar-refractivity contribution in [3.8, 4) is 17.1 Å². The van der Waals surface area contributed by atoms with Crippen molar-refractivity contribution >= 4 is 32.4 Å². The molecule has 1 N–H and O–H groups in total. The second-order valence-corrected chi connectivity index (χ2v) is 10.4. The smallest absolute Gasteiger partial charge is 0.416 e. The van der Waals surface area contributed by atoms with Gasteiger partial charge in [-0.15, -0.1) is 0 Å². The van der Waals surface area contributed by atoms with Gasteiger partial charge < -0.3 is 14.3 Å². The van der Waals surface area contributed by atoms with Crippen LogP contribution in [0.2, 0.25) is 5.02 Å². The van der Waals surface area contributed by atoms with Crippen LogP contribution in [0.1, 0.15) is 5.56 Å². The van der Waals surface area contributed by atoms with Crippen LogP contribution in [0.25, 0.3) is 22.3 Å². The summed E-state index contributed by atoms with van der Waals surface area (Å²) in [6, 6.07) is 15.4. The number of benzene rings is 3. The Morgan fingerprint density at radius 1 is 0.972 bits per heavy atom. The average Bonchev–Trinajstić information content (AvgIpc) is 2.82. The first-order valence-electron chi connectivity index (χ1n) is 10.5. The Hall–Kier alpha value is -3.34. The van der Waals surface area contributed by atoms with Crippen LogP contribution < -0.4 is 10.2 Å². The lowest BCUT2D eigenvalue weighted by Crippen LogP contribution is -2.27. The molecule has 36 heavy (non-hydrogen) atoms. The van der Waals surface area contributed by atoms with E-state index in [1.54, 1.807) is 24.3 Å². The fraction of sp³-hybridized carbons (Fsp3) is 0.160. The summed E-state index contributed by atoms with van der Waals surface area (Å²) >= 11 is 5.90. The van der Waals surface area contributed by atoms with E-state index in [9.17, 15) is 31.5 Å². The standard InChI is InChI=1S/C25H18ClF3O6S/c26-17-5-1-15(2-6-17)23-12-22(31)21-10-7-19(11-24(21)35-23)34-13-18(30)14-36(32,33)20-8-3-16(4-9-20)25(27,28)29/h1-12,18,30H,13-14H2/t18-/m1/s1. The lowest BCUT2D eigenvalue weighted by atomic mass is 10.1. The topological polar surface area (TPSA) is 93.8 Å². The van der Waals surface area contributed by atoms with Crippen LogP contribution in [0.5, 0.6) is 5.75 Å². The molecule has 1 aromatic heterocycles. The normalized spacial score (nSPS) is 13.0. The summed E-state index contributed by atoms with van der Waals surface area (Å²) in [7, 11) is -4.07. The lowest BCUT2D eigenvalue weighted by Gasteiger charge is -2.14. The molecular weight excluding hydrogens is 521 g/mol. The summed E-state index contributed by atoms with van der Waals surface area (Å²) in [6.45, 7) is -0.424. The molecule has 0 spiro atoms. The van der Waals surface area contributed by atoms with Crippen molar-refractivity contribution < 1.29 is 35.8 Å². The molecule has 6 nitrogen and oxygen atoms in total. The summed E-state index contributed by atoms with van der Waals surface area (Å²) < 4.78 is 74.3. The van der Waals surface area contributed by atoms with E-state index in [1.165, 1.54) is 24.3 Å². The highest BCUT2D eigenvalue weighted by molar-refractivity contribution is 7.91. The largest absolute Gasteiger partial charge is 0.491 e. The fourth-order valence-electron chi connectivity index (χ4n) is 3.42. The number of ether oxygens (including phenoxy) is 1. The number of hydrogen-bond acceptors (Lipinski definition) is 6. The summed E-state index contributed by atoms with van der Waals surface area (Å²) in [4.78, 5) is 12.1. The zero-order valence-corrected chi connectivity index (χ0v) is 19.9. The molecule has 4 aromatic rings. The van der Waals surface area contributed by atoms with Crippen molar-refractivity contribution in [3.05, 3.63) is 93.6 Å². The van der Waals surface area contributed by atoms with Gasteiger partial charge in [0.25, 0.3) is 0 Å². The number of alkyl halides is 3. The Bertz CT molecular complexity index is 1550. The summed E-state index contributed by atoms with van der Waals surface area (Å²) in [5.74, 6) is -0.240. The summed E-state index contributed by atoms with van der Waals surface area (Å²) in [6.07, 6.45) is -6.06. The minimum Gasteiger partial charge on any atom is -0.491 e. The molecule has 0 aliphatic rings. The van der Waals surface area contributed by atoms with Crippen LogP contribution in [0.3, 0.4) is 0 Å². The number of halogens is 4. The zero-order valence-electron chi connectivity index (χ0n) is 18.3. The molecule has 0 aliphatic carbocycles. The lowest BCUT2D eigenvalue weighted by molar-refractivity contribution is -0.137.